The lowest BCUT2D eigenvalue weighted by Crippen LogP contribution is -2.32. The zero-order valence-electron chi connectivity index (χ0n) is 13.6. The maximum Gasteiger partial charge on any atom is 0.254 e. The first-order valence-corrected chi connectivity index (χ1v) is 7.82. The summed E-state index contributed by atoms with van der Waals surface area (Å²) in [5, 5.41) is 5.11. The number of likely N-dealkylation sites (tertiary alicyclic amines) is 1. The summed E-state index contributed by atoms with van der Waals surface area (Å²) in [5.41, 5.74) is 7.43. The van der Waals surface area contributed by atoms with Crippen molar-refractivity contribution in [3.63, 3.8) is 0 Å². The highest BCUT2D eigenvalue weighted by atomic mass is 16.2. The molecule has 0 aromatic carbocycles. The van der Waals surface area contributed by atoms with Gasteiger partial charge in [-0.15, -0.1) is 0 Å². The van der Waals surface area contributed by atoms with E-state index < -0.39 is 0 Å². The molecule has 1 unspecified atom stereocenters. The first kappa shape index (κ1) is 15.5. The van der Waals surface area contributed by atoms with Crippen molar-refractivity contribution >= 4 is 22.8 Å². The molecule has 2 aromatic rings. The van der Waals surface area contributed by atoms with Gasteiger partial charge in [-0.3, -0.25) is 9.59 Å². The van der Waals surface area contributed by atoms with E-state index in [9.17, 15) is 9.59 Å². The number of hydrogen-bond acceptors (Lipinski definition) is 4. The molecule has 3 heterocycles. The summed E-state index contributed by atoms with van der Waals surface area (Å²) in [6.45, 7) is 6.85. The predicted molar refractivity (Wildman–Crippen MR) is 85.9 cm³/mol. The van der Waals surface area contributed by atoms with Gasteiger partial charge in [0.1, 0.15) is 0 Å². The number of rotatable bonds is 3. The zero-order chi connectivity index (χ0) is 16.7. The van der Waals surface area contributed by atoms with E-state index in [-0.39, 0.29) is 23.8 Å². The lowest BCUT2D eigenvalue weighted by atomic mass is 10.1. The van der Waals surface area contributed by atoms with E-state index in [0.29, 0.717) is 30.7 Å². The Kier molecular flexibility index (Phi) is 3.79. The van der Waals surface area contributed by atoms with Crippen LogP contribution in [0, 0.1) is 12.8 Å². The highest BCUT2D eigenvalue weighted by Crippen LogP contribution is 2.25. The van der Waals surface area contributed by atoms with E-state index >= 15 is 0 Å². The van der Waals surface area contributed by atoms with Crippen LogP contribution in [0.2, 0.25) is 0 Å². The van der Waals surface area contributed by atoms with Crippen LogP contribution in [0.25, 0.3) is 11.0 Å². The summed E-state index contributed by atoms with van der Waals surface area (Å²) < 4.78 is 1.81. The van der Waals surface area contributed by atoms with Crippen molar-refractivity contribution in [3.05, 3.63) is 23.5 Å². The Morgan fingerprint density at radius 3 is 2.74 bits per heavy atom. The molecule has 0 saturated carbocycles. The Hall–Kier alpha value is -2.44. The Morgan fingerprint density at radius 1 is 1.39 bits per heavy atom. The molecular formula is C16H21N5O2. The number of nitrogens with two attached hydrogens (primary N) is 1. The van der Waals surface area contributed by atoms with Gasteiger partial charge < -0.3 is 10.6 Å². The molecule has 7 nitrogen and oxygen atoms in total. The monoisotopic (exact) mass is 315 g/mol. The minimum absolute atomic E-state index is 0.0902. The molecule has 0 spiro atoms. The normalized spacial score (nSPS) is 18.1. The van der Waals surface area contributed by atoms with Gasteiger partial charge in [0, 0.05) is 24.8 Å². The van der Waals surface area contributed by atoms with Gasteiger partial charge in [-0.1, -0.05) is 0 Å². The Bertz CT molecular complexity index is 780. The smallest absolute Gasteiger partial charge is 0.254 e. The van der Waals surface area contributed by atoms with Crippen LogP contribution >= 0.6 is 0 Å². The highest BCUT2D eigenvalue weighted by molar-refractivity contribution is 6.05. The van der Waals surface area contributed by atoms with Crippen LogP contribution in [0.1, 0.15) is 42.4 Å². The maximum atomic E-state index is 12.9. The number of hydrogen-bond donors (Lipinski definition) is 1. The van der Waals surface area contributed by atoms with Gasteiger partial charge in [0.2, 0.25) is 5.91 Å². The van der Waals surface area contributed by atoms with Crippen LogP contribution in [0.3, 0.4) is 0 Å². The van der Waals surface area contributed by atoms with Gasteiger partial charge in [0.25, 0.3) is 5.91 Å². The van der Waals surface area contributed by atoms with E-state index in [4.69, 9.17) is 5.73 Å². The summed E-state index contributed by atoms with van der Waals surface area (Å²) in [7, 11) is 0. The third-order valence-electron chi connectivity index (χ3n) is 4.29. The van der Waals surface area contributed by atoms with E-state index in [1.165, 1.54) is 0 Å². The fraction of sp³-hybridized carbons (Fsp3) is 0.500. The Labute approximate surface area is 134 Å². The van der Waals surface area contributed by atoms with Crippen molar-refractivity contribution in [2.45, 2.75) is 33.2 Å². The van der Waals surface area contributed by atoms with Crippen LogP contribution in [0.4, 0.5) is 0 Å². The van der Waals surface area contributed by atoms with E-state index in [1.54, 1.807) is 17.2 Å². The van der Waals surface area contributed by atoms with Gasteiger partial charge in [-0.05, 0) is 33.3 Å². The van der Waals surface area contributed by atoms with Gasteiger partial charge in [0.05, 0.1) is 23.1 Å². The van der Waals surface area contributed by atoms with Crippen LogP contribution in [-0.4, -0.2) is 44.6 Å². The van der Waals surface area contributed by atoms with Crippen molar-refractivity contribution in [3.8, 4) is 0 Å². The second-order valence-electron chi connectivity index (χ2n) is 6.37. The number of nitrogens with zero attached hydrogens (tertiary/aromatic N) is 4. The van der Waals surface area contributed by atoms with E-state index in [0.717, 1.165) is 11.1 Å². The van der Waals surface area contributed by atoms with Gasteiger partial charge in [-0.25, -0.2) is 9.67 Å². The van der Waals surface area contributed by atoms with Gasteiger partial charge in [0.15, 0.2) is 5.65 Å². The van der Waals surface area contributed by atoms with Crippen LogP contribution in [0.15, 0.2) is 12.3 Å². The average Bonchev–Trinajstić information content (AvgIpc) is 3.12. The summed E-state index contributed by atoms with van der Waals surface area (Å²) in [6.07, 6.45) is 2.32. The minimum Gasteiger partial charge on any atom is -0.369 e. The second-order valence-corrected chi connectivity index (χ2v) is 6.37. The van der Waals surface area contributed by atoms with Crippen molar-refractivity contribution in [2.75, 3.05) is 13.1 Å². The van der Waals surface area contributed by atoms with Crippen LogP contribution in [0.5, 0.6) is 0 Å². The van der Waals surface area contributed by atoms with Crippen LogP contribution in [-0.2, 0) is 4.79 Å². The minimum atomic E-state index is -0.344. The van der Waals surface area contributed by atoms with Crippen molar-refractivity contribution in [1.29, 1.82) is 0 Å². The first-order valence-electron chi connectivity index (χ1n) is 7.82. The molecule has 3 rings (SSSR count). The molecule has 2 N–H and O–H groups in total. The lowest BCUT2D eigenvalue weighted by Gasteiger charge is -2.17. The molecule has 2 amide bonds. The molecule has 1 atom stereocenters. The van der Waals surface area contributed by atoms with E-state index in [2.05, 4.69) is 10.1 Å². The molecule has 23 heavy (non-hydrogen) atoms. The fourth-order valence-corrected chi connectivity index (χ4v) is 3.05. The highest BCUT2D eigenvalue weighted by Gasteiger charge is 2.31. The van der Waals surface area contributed by atoms with Crippen molar-refractivity contribution in [1.82, 2.24) is 19.7 Å². The number of amides is 2. The molecule has 1 saturated heterocycles. The number of carbonyl (C=O) groups excluding carboxylic acids is 2. The lowest BCUT2D eigenvalue weighted by molar-refractivity contribution is -0.121. The largest absolute Gasteiger partial charge is 0.369 e. The van der Waals surface area contributed by atoms with Crippen molar-refractivity contribution in [2.24, 2.45) is 11.7 Å². The number of pyridine rings is 1. The average molecular weight is 315 g/mol. The molecule has 0 radical (unpaired) electrons. The molecule has 1 aliphatic heterocycles. The SMILES string of the molecule is Cc1cc(C(=O)N2CCC(C(N)=O)C2)c2cnn(C(C)C)c2n1. The fourth-order valence-electron chi connectivity index (χ4n) is 3.05. The third kappa shape index (κ3) is 2.67. The molecule has 122 valence electrons. The Balaban J connectivity index is 2.00. The first-order chi connectivity index (χ1) is 10.9. The Morgan fingerprint density at radius 2 is 2.13 bits per heavy atom. The molecular weight excluding hydrogens is 294 g/mol. The summed E-state index contributed by atoms with van der Waals surface area (Å²) in [5.74, 6) is -0.688. The number of fused-ring (bicyclic) bond motifs is 1. The molecule has 2 aromatic heterocycles. The summed E-state index contributed by atoms with van der Waals surface area (Å²) >= 11 is 0. The summed E-state index contributed by atoms with van der Waals surface area (Å²) in [4.78, 5) is 30.4. The number of primary amides is 1. The predicted octanol–water partition coefficient (Wildman–Crippen LogP) is 1.27. The number of aromatic nitrogens is 3. The number of aryl methyl sites for hydroxylation is 1. The van der Waals surface area contributed by atoms with Crippen molar-refractivity contribution < 1.29 is 9.59 Å². The van der Waals surface area contributed by atoms with Gasteiger partial charge in [-0.2, -0.15) is 5.10 Å². The molecule has 0 aliphatic carbocycles. The molecule has 0 bridgehead atoms. The quantitative estimate of drug-likeness (QED) is 0.922. The van der Waals surface area contributed by atoms with E-state index in [1.807, 2.05) is 25.5 Å². The maximum absolute atomic E-state index is 12.9. The molecule has 7 heteroatoms. The summed E-state index contributed by atoms with van der Waals surface area (Å²) in [6, 6.07) is 1.95. The van der Waals surface area contributed by atoms with Crippen LogP contribution < -0.4 is 5.73 Å². The second kappa shape index (κ2) is 5.64. The van der Waals surface area contributed by atoms with Gasteiger partial charge >= 0.3 is 0 Å². The zero-order valence-corrected chi connectivity index (χ0v) is 13.6. The standard InChI is InChI=1S/C16H21N5O2/c1-9(2)21-15-13(7-18-21)12(6-10(3)19-15)16(23)20-5-4-11(8-20)14(17)22/h6-7,9,11H,4-5,8H2,1-3H3,(H2,17,22). The third-order valence-corrected chi connectivity index (χ3v) is 4.29. The molecule has 1 aliphatic rings. The number of carbonyl (C=O) groups is 2. The topological polar surface area (TPSA) is 94.1 Å². The molecule has 1 fully saturated rings.